The van der Waals surface area contributed by atoms with E-state index in [1.807, 2.05) is 41.8 Å². The van der Waals surface area contributed by atoms with Gasteiger partial charge in [-0.15, -0.1) is 11.3 Å². The molecule has 0 aliphatic carbocycles. The Morgan fingerprint density at radius 2 is 1.83 bits per heavy atom. The van der Waals surface area contributed by atoms with Crippen LogP contribution in [0.3, 0.4) is 0 Å². The lowest BCUT2D eigenvalue weighted by atomic mass is 10.1. The van der Waals surface area contributed by atoms with Gasteiger partial charge in [0.15, 0.2) is 0 Å². The van der Waals surface area contributed by atoms with Crippen LogP contribution in [0.4, 0.5) is 11.4 Å². The first-order chi connectivity index (χ1) is 14.7. The lowest BCUT2D eigenvalue weighted by molar-refractivity contribution is -0.136. The molecule has 0 fully saturated rings. The van der Waals surface area contributed by atoms with E-state index in [1.165, 1.54) is 21.7 Å². The third-order valence-corrected chi connectivity index (χ3v) is 6.43. The maximum Gasteiger partial charge on any atom is 0.313 e. The van der Waals surface area contributed by atoms with Gasteiger partial charge in [0.05, 0.1) is 6.04 Å². The Bertz CT molecular complexity index is 1020. The van der Waals surface area contributed by atoms with Crippen molar-refractivity contribution >= 4 is 34.5 Å². The van der Waals surface area contributed by atoms with E-state index in [2.05, 4.69) is 46.7 Å². The number of carbonyl (C=O) groups is 2. The van der Waals surface area contributed by atoms with Gasteiger partial charge in [-0.25, -0.2) is 0 Å². The molecule has 0 bridgehead atoms. The van der Waals surface area contributed by atoms with E-state index in [9.17, 15) is 9.59 Å². The molecule has 0 saturated carbocycles. The lowest BCUT2D eigenvalue weighted by Gasteiger charge is -2.30. The second-order valence-corrected chi connectivity index (χ2v) is 8.30. The molecular formula is C24H25N3O2S. The first-order valence-electron chi connectivity index (χ1n) is 10.2. The molecule has 30 heavy (non-hydrogen) atoms. The van der Waals surface area contributed by atoms with E-state index in [4.69, 9.17) is 0 Å². The molecule has 4 rings (SSSR count). The van der Waals surface area contributed by atoms with Crippen molar-refractivity contribution in [3.8, 4) is 0 Å². The minimum Gasteiger partial charge on any atom is -0.361 e. The molecule has 2 aromatic carbocycles. The summed E-state index contributed by atoms with van der Waals surface area (Å²) in [5, 5.41) is 7.55. The summed E-state index contributed by atoms with van der Waals surface area (Å²) in [6.07, 6.45) is 1.92. The zero-order valence-electron chi connectivity index (χ0n) is 16.9. The number of nitrogens with one attached hydrogen (secondary N) is 2. The summed E-state index contributed by atoms with van der Waals surface area (Å²) < 4.78 is 0. The summed E-state index contributed by atoms with van der Waals surface area (Å²) in [6.45, 7) is 3.34. The minimum atomic E-state index is -0.647. The molecule has 154 valence electrons. The van der Waals surface area contributed by atoms with Crippen LogP contribution in [0.1, 0.15) is 29.0 Å². The highest BCUT2D eigenvalue weighted by molar-refractivity contribution is 7.10. The number of hydrogen-bond donors (Lipinski definition) is 2. The quantitative estimate of drug-likeness (QED) is 0.590. The van der Waals surface area contributed by atoms with Gasteiger partial charge in [-0.05, 0) is 53.6 Å². The van der Waals surface area contributed by atoms with Gasteiger partial charge in [-0.2, -0.15) is 0 Å². The Hall–Kier alpha value is -3.12. The smallest absolute Gasteiger partial charge is 0.313 e. The fourth-order valence-corrected chi connectivity index (χ4v) is 4.65. The molecule has 2 heterocycles. The van der Waals surface area contributed by atoms with Crippen molar-refractivity contribution in [3.05, 3.63) is 82.0 Å². The maximum atomic E-state index is 12.5. The number of thiophene rings is 1. The number of benzene rings is 2. The van der Waals surface area contributed by atoms with Crippen LogP contribution in [0.5, 0.6) is 0 Å². The van der Waals surface area contributed by atoms with Crippen molar-refractivity contribution in [2.75, 3.05) is 23.3 Å². The van der Waals surface area contributed by atoms with Crippen LogP contribution >= 0.6 is 11.3 Å². The molecular weight excluding hydrogens is 394 g/mol. The predicted octanol–water partition coefficient (Wildman–Crippen LogP) is 4.17. The van der Waals surface area contributed by atoms with Crippen LogP contribution in [0.15, 0.2) is 66.0 Å². The first kappa shape index (κ1) is 20.2. The zero-order valence-corrected chi connectivity index (χ0v) is 17.7. The number of hydrogen-bond acceptors (Lipinski definition) is 4. The number of fused-ring (bicyclic) bond motifs is 1. The van der Waals surface area contributed by atoms with E-state index < -0.39 is 11.8 Å². The molecule has 2 N–H and O–H groups in total. The molecule has 0 radical (unpaired) electrons. The topological polar surface area (TPSA) is 61.4 Å². The Balaban J connectivity index is 1.42. The van der Waals surface area contributed by atoms with Crippen LogP contribution in [0, 0.1) is 0 Å². The number of carbonyl (C=O) groups excluding carboxylic acids is 2. The van der Waals surface area contributed by atoms with Gasteiger partial charge in [-0.3, -0.25) is 9.59 Å². The van der Waals surface area contributed by atoms with Crippen LogP contribution in [0.2, 0.25) is 0 Å². The molecule has 1 unspecified atom stereocenters. The van der Waals surface area contributed by atoms with Crippen LogP contribution in [-0.4, -0.2) is 24.9 Å². The fourth-order valence-electron chi connectivity index (χ4n) is 3.81. The molecule has 1 aromatic heterocycles. The SMILES string of the molecule is CCc1ccc(NC(=O)C(=O)NCC(c2cccs2)N2CCc3ccccc32)cc1. The van der Waals surface area contributed by atoms with E-state index in [1.54, 1.807) is 11.3 Å². The van der Waals surface area contributed by atoms with E-state index in [-0.39, 0.29) is 6.04 Å². The molecule has 6 heteroatoms. The van der Waals surface area contributed by atoms with Crippen LogP contribution in [-0.2, 0) is 22.4 Å². The van der Waals surface area contributed by atoms with Crippen molar-refractivity contribution in [2.45, 2.75) is 25.8 Å². The van der Waals surface area contributed by atoms with E-state index >= 15 is 0 Å². The third kappa shape index (κ3) is 4.39. The summed E-state index contributed by atoms with van der Waals surface area (Å²) in [5.41, 5.74) is 4.32. The van der Waals surface area contributed by atoms with E-state index in [0.29, 0.717) is 12.2 Å². The van der Waals surface area contributed by atoms with Crippen molar-refractivity contribution in [1.29, 1.82) is 0 Å². The van der Waals surface area contributed by atoms with Crippen molar-refractivity contribution < 1.29 is 9.59 Å². The largest absolute Gasteiger partial charge is 0.361 e. The Morgan fingerprint density at radius 1 is 1.03 bits per heavy atom. The van der Waals surface area contributed by atoms with Crippen LogP contribution < -0.4 is 15.5 Å². The Morgan fingerprint density at radius 3 is 2.57 bits per heavy atom. The maximum absolute atomic E-state index is 12.5. The molecule has 1 aliphatic rings. The normalized spacial score (nSPS) is 13.6. The summed E-state index contributed by atoms with van der Waals surface area (Å²) in [6, 6.07) is 20.0. The van der Waals surface area contributed by atoms with Gasteiger partial charge in [0.2, 0.25) is 0 Å². The van der Waals surface area contributed by atoms with E-state index in [0.717, 1.165) is 19.4 Å². The highest BCUT2D eigenvalue weighted by atomic mass is 32.1. The van der Waals surface area contributed by atoms with Gasteiger partial charge in [0.25, 0.3) is 0 Å². The Kier molecular flexibility index (Phi) is 6.14. The summed E-state index contributed by atoms with van der Waals surface area (Å²) >= 11 is 1.67. The zero-order chi connectivity index (χ0) is 20.9. The number of para-hydroxylation sites is 1. The third-order valence-electron chi connectivity index (χ3n) is 5.45. The molecule has 5 nitrogen and oxygen atoms in total. The van der Waals surface area contributed by atoms with Crippen molar-refractivity contribution in [2.24, 2.45) is 0 Å². The van der Waals surface area contributed by atoms with Gasteiger partial charge < -0.3 is 15.5 Å². The van der Waals surface area contributed by atoms with Gasteiger partial charge in [0.1, 0.15) is 0 Å². The number of nitrogens with zero attached hydrogens (tertiary/aromatic N) is 1. The first-order valence-corrected chi connectivity index (χ1v) is 11.1. The predicted molar refractivity (Wildman–Crippen MR) is 122 cm³/mol. The number of rotatable bonds is 6. The summed E-state index contributed by atoms with van der Waals surface area (Å²) in [7, 11) is 0. The molecule has 0 spiro atoms. The molecule has 3 aromatic rings. The fraction of sp³-hybridized carbons (Fsp3) is 0.250. The highest BCUT2D eigenvalue weighted by Gasteiger charge is 2.28. The molecule has 2 amide bonds. The van der Waals surface area contributed by atoms with Crippen molar-refractivity contribution in [1.82, 2.24) is 5.32 Å². The van der Waals surface area contributed by atoms with Crippen molar-refractivity contribution in [3.63, 3.8) is 0 Å². The average Bonchev–Trinajstić information content (AvgIpc) is 3.45. The molecule has 1 atom stereocenters. The average molecular weight is 420 g/mol. The molecule has 0 saturated heterocycles. The second kappa shape index (κ2) is 9.13. The standard InChI is InChI=1S/C24H25N3O2S/c1-2-17-9-11-19(12-10-17)26-24(29)23(28)25-16-21(22-8-5-15-30-22)27-14-13-18-6-3-4-7-20(18)27/h3-12,15,21H,2,13-14,16H2,1H3,(H,25,28)(H,26,29). The monoisotopic (exact) mass is 419 g/mol. The van der Waals surface area contributed by atoms with Gasteiger partial charge in [-0.1, -0.05) is 43.3 Å². The number of aryl methyl sites for hydroxylation is 1. The number of amides is 2. The molecule has 1 aliphatic heterocycles. The minimum absolute atomic E-state index is 0.00534. The van der Waals surface area contributed by atoms with Crippen LogP contribution in [0.25, 0.3) is 0 Å². The highest BCUT2D eigenvalue weighted by Crippen LogP contribution is 2.36. The summed E-state index contributed by atoms with van der Waals surface area (Å²) in [4.78, 5) is 28.3. The summed E-state index contributed by atoms with van der Waals surface area (Å²) in [5.74, 6) is -1.27. The van der Waals surface area contributed by atoms with Gasteiger partial charge >= 0.3 is 11.8 Å². The lowest BCUT2D eigenvalue weighted by Crippen LogP contribution is -2.41. The number of anilines is 2. The van der Waals surface area contributed by atoms with Gasteiger partial charge in [0, 0.05) is 29.3 Å². The second-order valence-electron chi connectivity index (χ2n) is 7.32. The Labute approximate surface area is 180 Å².